The van der Waals surface area contributed by atoms with Crippen LogP contribution in [0.4, 0.5) is 5.69 Å². The lowest BCUT2D eigenvalue weighted by molar-refractivity contribution is 0.0472. The number of nitrogens with zero attached hydrogens (tertiary/aromatic N) is 1. The van der Waals surface area contributed by atoms with E-state index in [0.717, 1.165) is 11.1 Å². The number of para-hydroxylation sites is 1. The Morgan fingerprint density at radius 2 is 1.69 bits per heavy atom. The maximum atomic E-state index is 13.2. The van der Waals surface area contributed by atoms with Crippen LogP contribution in [0.3, 0.4) is 0 Å². The number of hydrogen-bond donors (Lipinski definition) is 0. The van der Waals surface area contributed by atoms with Gasteiger partial charge in [-0.15, -0.1) is 0 Å². The van der Waals surface area contributed by atoms with E-state index in [-0.39, 0.29) is 22.5 Å². The molecule has 0 unspecified atom stereocenters. The molecule has 0 saturated heterocycles. The van der Waals surface area contributed by atoms with Gasteiger partial charge in [0.05, 0.1) is 16.1 Å². The second kappa shape index (κ2) is 8.43. The molecule has 1 aliphatic heterocycles. The smallest absolute Gasteiger partial charge is 0.338 e. The standard InChI is InChI=1S/C26H27NO4S/c1-26(2,3)22-13-11-19(12-14-22)18-31-25(28)21-8-6-9-23(17-21)32(29,30)27-16-15-20-7-4-5-10-24(20)27/h4-14,17H,15-16,18H2,1-3H3. The van der Waals surface area contributed by atoms with Crippen molar-refractivity contribution in [1.82, 2.24) is 0 Å². The molecule has 0 aliphatic carbocycles. The van der Waals surface area contributed by atoms with Crippen molar-refractivity contribution in [3.63, 3.8) is 0 Å². The maximum absolute atomic E-state index is 13.2. The monoisotopic (exact) mass is 449 g/mol. The van der Waals surface area contributed by atoms with E-state index in [2.05, 4.69) is 20.8 Å². The molecule has 4 rings (SSSR count). The van der Waals surface area contributed by atoms with Gasteiger partial charge in [0.2, 0.25) is 0 Å². The lowest BCUT2D eigenvalue weighted by Crippen LogP contribution is -2.29. The number of fused-ring (bicyclic) bond motifs is 1. The number of ether oxygens (including phenoxy) is 1. The van der Waals surface area contributed by atoms with Crippen molar-refractivity contribution in [1.29, 1.82) is 0 Å². The quantitative estimate of drug-likeness (QED) is 0.509. The van der Waals surface area contributed by atoms with E-state index in [0.29, 0.717) is 18.7 Å². The highest BCUT2D eigenvalue weighted by molar-refractivity contribution is 7.92. The minimum atomic E-state index is -3.77. The van der Waals surface area contributed by atoms with Crippen molar-refractivity contribution in [2.45, 2.75) is 44.1 Å². The van der Waals surface area contributed by atoms with Gasteiger partial charge in [-0.25, -0.2) is 13.2 Å². The number of sulfonamides is 1. The Kier molecular flexibility index (Phi) is 5.82. The molecule has 0 radical (unpaired) electrons. The first-order chi connectivity index (χ1) is 15.2. The zero-order chi connectivity index (χ0) is 22.9. The van der Waals surface area contributed by atoms with Crippen LogP contribution < -0.4 is 4.31 Å². The first kappa shape index (κ1) is 22.1. The zero-order valence-corrected chi connectivity index (χ0v) is 19.4. The number of carbonyl (C=O) groups excluding carboxylic acids is 1. The summed E-state index contributed by atoms with van der Waals surface area (Å²) in [5, 5.41) is 0. The molecule has 0 spiro atoms. The summed E-state index contributed by atoms with van der Waals surface area (Å²) < 4.78 is 33.3. The van der Waals surface area contributed by atoms with Crippen molar-refractivity contribution in [3.05, 3.63) is 95.1 Å². The fraction of sp³-hybridized carbons (Fsp3) is 0.269. The second-order valence-corrected chi connectivity index (χ2v) is 10.9. The lowest BCUT2D eigenvalue weighted by atomic mass is 9.87. The van der Waals surface area contributed by atoms with Crippen molar-refractivity contribution >= 4 is 21.7 Å². The molecule has 0 N–H and O–H groups in total. The van der Waals surface area contributed by atoms with Crippen LogP contribution in [-0.2, 0) is 33.2 Å². The topological polar surface area (TPSA) is 63.7 Å². The molecule has 5 nitrogen and oxygen atoms in total. The van der Waals surface area contributed by atoms with Crippen molar-refractivity contribution < 1.29 is 17.9 Å². The summed E-state index contributed by atoms with van der Waals surface area (Å²) in [4.78, 5) is 12.7. The normalized spacial score (nSPS) is 13.7. The van der Waals surface area contributed by atoms with Crippen molar-refractivity contribution in [2.75, 3.05) is 10.8 Å². The predicted molar refractivity (Wildman–Crippen MR) is 125 cm³/mol. The molecular formula is C26H27NO4S. The average Bonchev–Trinajstić information content (AvgIpc) is 3.22. The molecule has 0 saturated carbocycles. The van der Waals surface area contributed by atoms with Gasteiger partial charge in [-0.1, -0.05) is 69.3 Å². The van der Waals surface area contributed by atoms with Gasteiger partial charge in [0.25, 0.3) is 10.0 Å². The van der Waals surface area contributed by atoms with Gasteiger partial charge in [-0.2, -0.15) is 0 Å². The summed E-state index contributed by atoms with van der Waals surface area (Å²) in [7, 11) is -3.77. The lowest BCUT2D eigenvalue weighted by Gasteiger charge is -2.20. The molecule has 3 aromatic carbocycles. The van der Waals surface area contributed by atoms with Gasteiger partial charge in [-0.05, 0) is 52.8 Å². The third-order valence-corrected chi connectivity index (χ3v) is 7.50. The van der Waals surface area contributed by atoms with Gasteiger partial charge >= 0.3 is 5.97 Å². The molecule has 166 valence electrons. The van der Waals surface area contributed by atoms with Crippen LogP contribution in [0.15, 0.2) is 77.7 Å². The minimum absolute atomic E-state index is 0.0526. The Labute approximate surface area is 189 Å². The van der Waals surface area contributed by atoms with E-state index in [1.165, 1.54) is 22.0 Å². The van der Waals surface area contributed by atoms with Gasteiger partial charge in [0, 0.05) is 6.54 Å². The number of carbonyl (C=O) groups is 1. The van der Waals surface area contributed by atoms with E-state index in [1.807, 2.05) is 48.5 Å². The molecule has 0 amide bonds. The Morgan fingerprint density at radius 1 is 0.969 bits per heavy atom. The molecule has 3 aromatic rings. The summed E-state index contributed by atoms with van der Waals surface area (Å²) in [6.07, 6.45) is 0.672. The highest BCUT2D eigenvalue weighted by atomic mass is 32.2. The average molecular weight is 450 g/mol. The SMILES string of the molecule is CC(C)(C)c1ccc(COC(=O)c2cccc(S(=O)(=O)N3CCc4ccccc43)c2)cc1. The summed E-state index contributed by atoms with van der Waals surface area (Å²) in [5.41, 5.74) is 4.04. The van der Waals surface area contributed by atoms with E-state index >= 15 is 0 Å². The van der Waals surface area contributed by atoms with Crippen LogP contribution in [-0.4, -0.2) is 20.9 Å². The predicted octanol–water partition coefficient (Wildman–Crippen LogP) is 5.09. The largest absolute Gasteiger partial charge is 0.457 e. The van der Waals surface area contributed by atoms with E-state index in [4.69, 9.17) is 4.74 Å². The van der Waals surface area contributed by atoms with Crippen molar-refractivity contribution in [2.24, 2.45) is 0 Å². The highest BCUT2D eigenvalue weighted by Crippen LogP contribution is 2.32. The Morgan fingerprint density at radius 3 is 2.41 bits per heavy atom. The van der Waals surface area contributed by atoms with E-state index in [1.54, 1.807) is 12.1 Å². The fourth-order valence-corrected chi connectivity index (χ4v) is 5.35. The molecule has 32 heavy (non-hydrogen) atoms. The number of esters is 1. The summed E-state index contributed by atoms with van der Waals surface area (Å²) in [6, 6.07) is 21.5. The first-order valence-corrected chi connectivity index (χ1v) is 12.1. The Hall–Kier alpha value is -3.12. The number of rotatable bonds is 5. The number of anilines is 1. The zero-order valence-electron chi connectivity index (χ0n) is 18.5. The molecule has 1 heterocycles. The maximum Gasteiger partial charge on any atom is 0.338 e. The van der Waals surface area contributed by atoms with Gasteiger partial charge in [0.15, 0.2) is 0 Å². The van der Waals surface area contributed by atoms with Gasteiger partial charge in [-0.3, -0.25) is 4.31 Å². The van der Waals surface area contributed by atoms with E-state index < -0.39 is 16.0 Å². The van der Waals surface area contributed by atoms with Crippen LogP contribution in [0.5, 0.6) is 0 Å². The van der Waals surface area contributed by atoms with Gasteiger partial charge < -0.3 is 4.74 Å². The molecule has 1 aliphatic rings. The van der Waals surface area contributed by atoms with Crippen molar-refractivity contribution in [3.8, 4) is 0 Å². The molecule has 0 fully saturated rings. The van der Waals surface area contributed by atoms with Crippen LogP contribution in [0.2, 0.25) is 0 Å². The van der Waals surface area contributed by atoms with E-state index in [9.17, 15) is 13.2 Å². The number of benzene rings is 3. The van der Waals surface area contributed by atoms with Crippen LogP contribution in [0.1, 0.15) is 47.8 Å². The highest BCUT2D eigenvalue weighted by Gasteiger charge is 2.31. The first-order valence-electron chi connectivity index (χ1n) is 10.6. The molecule has 0 bridgehead atoms. The molecular weight excluding hydrogens is 422 g/mol. The van der Waals surface area contributed by atoms with Crippen LogP contribution >= 0.6 is 0 Å². The second-order valence-electron chi connectivity index (χ2n) is 9.01. The third-order valence-electron chi connectivity index (χ3n) is 5.69. The van der Waals surface area contributed by atoms with Crippen LogP contribution in [0, 0.1) is 0 Å². The Bertz CT molecular complexity index is 1240. The molecule has 0 atom stereocenters. The molecule has 0 aromatic heterocycles. The van der Waals surface area contributed by atoms with Crippen LogP contribution in [0.25, 0.3) is 0 Å². The Balaban J connectivity index is 1.49. The number of hydrogen-bond acceptors (Lipinski definition) is 4. The summed E-state index contributed by atoms with van der Waals surface area (Å²) >= 11 is 0. The fourth-order valence-electron chi connectivity index (χ4n) is 3.80. The molecule has 6 heteroatoms. The minimum Gasteiger partial charge on any atom is -0.457 e. The summed E-state index contributed by atoms with van der Waals surface area (Å²) in [5.74, 6) is -0.552. The third kappa shape index (κ3) is 4.41. The summed E-state index contributed by atoms with van der Waals surface area (Å²) in [6.45, 7) is 6.94. The van der Waals surface area contributed by atoms with Gasteiger partial charge in [0.1, 0.15) is 6.61 Å².